The third-order valence-corrected chi connectivity index (χ3v) is 3.25. The summed E-state index contributed by atoms with van der Waals surface area (Å²) >= 11 is 1.81. The first kappa shape index (κ1) is 12.5. The van der Waals surface area contributed by atoms with Crippen molar-refractivity contribution in [1.82, 2.24) is 14.8 Å². The molecule has 4 nitrogen and oxygen atoms in total. The van der Waals surface area contributed by atoms with Gasteiger partial charge in [-0.1, -0.05) is 6.92 Å². The fourth-order valence-electron chi connectivity index (χ4n) is 1.20. The molecule has 0 atom stereocenters. The molecule has 0 spiro atoms. The molecule has 0 aromatic carbocycles. The Hall–Kier alpha value is -0.550. The molecule has 0 aliphatic rings. The molecule has 0 aliphatic heterocycles. The van der Waals surface area contributed by atoms with Gasteiger partial charge in [0.05, 0.1) is 5.75 Å². The van der Waals surface area contributed by atoms with Crippen LogP contribution in [0, 0.1) is 0 Å². The summed E-state index contributed by atoms with van der Waals surface area (Å²) in [5, 5.41) is 4.18. The highest BCUT2D eigenvalue weighted by molar-refractivity contribution is 7.98. The molecule has 1 rings (SSSR count). The number of hydrogen-bond donors (Lipinski definition) is 1. The Balaban J connectivity index is 2.40. The molecule has 1 aromatic heterocycles. The van der Waals surface area contributed by atoms with Crippen molar-refractivity contribution in [2.75, 3.05) is 5.75 Å². The second kappa shape index (κ2) is 5.51. The molecular weight excluding hydrogens is 208 g/mol. The number of aromatic nitrogens is 3. The lowest BCUT2D eigenvalue weighted by Crippen LogP contribution is -2.34. The van der Waals surface area contributed by atoms with Crippen LogP contribution in [-0.2, 0) is 12.3 Å². The predicted octanol–water partition coefficient (Wildman–Crippen LogP) is 1.66. The summed E-state index contributed by atoms with van der Waals surface area (Å²) in [5.41, 5.74) is 5.80. The van der Waals surface area contributed by atoms with Crippen LogP contribution >= 0.6 is 11.8 Å². The van der Waals surface area contributed by atoms with E-state index in [-0.39, 0.29) is 5.54 Å². The standard InChI is InChI=1S/C10H20N4S/c1-4-5-14-9(12-8-13-14)6-15-7-10(2,3)11/h8H,4-7,11H2,1-3H3. The van der Waals surface area contributed by atoms with Crippen molar-refractivity contribution in [1.29, 1.82) is 0 Å². The minimum Gasteiger partial charge on any atom is -0.325 e. The molecule has 0 fully saturated rings. The monoisotopic (exact) mass is 228 g/mol. The molecular formula is C10H20N4S. The lowest BCUT2D eigenvalue weighted by atomic mass is 10.1. The van der Waals surface area contributed by atoms with Crippen molar-refractivity contribution in [3.05, 3.63) is 12.2 Å². The second-order valence-electron chi connectivity index (χ2n) is 4.38. The summed E-state index contributed by atoms with van der Waals surface area (Å²) in [6.07, 6.45) is 2.71. The predicted molar refractivity (Wildman–Crippen MR) is 64.7 cm³/mol. The van der Waals surface area contributed by atoms with E-state index < -0.39 is 0 Å². The van der Waals surface area contributed by atoms with Crippen LogP contribution in [0.5, 0.6) is 0 Å². The minimum atomic E-state index is -0.111. The van der Waals surface area contributed by atoms with E-state index in [0.29, 0.717) is 0 Å². The van der Waals surface area contributed by atoms with Crippen LogP contribution in [-0.4, -0.2) is 26.1 Å². The molecule has 0 radical (unpaired) electrons. The first-order chi connectivity index (χ1) is 7.03. The van der Waals surface area contributed by atoms with Crippen LogP contribution in [0.2, 0.25) is 0 Å². The van der Waals surface area contributed by atoms with Crippen molar-refractivity contribution in [3.63, 3.8) is 0 Å². The van der Waals surface area contributed by atoms with Gasteiger partial charge in [0.25, 0.3) is 0 Å². The van der Waals surface area contributed by atoms with Crippen LogP contribution < -0.4 is 5.73 Å². The van der Waals surface area contributed by atoms with E-state index in [1.54, 1.807) is 6.33 Å². The molecule has 0 bridgehead atoms. The van der Waals surface area contributed by atoms with Gasteiger partial charge in [-0.25, -0.2) is 9.67 Å². The lowest BCUT2D eigenvalue weighted by Gasteiger charge is -2.17. The maximum atomic E-state index is 5.91. The van der Waals surface area contributed by atoms with Crippen molar-refractivity contribution < 1.29 is 0 Å². The fraction of sp³-hybridized carbons (Fsp3) is 0.800. The molecule has 0 aliphatic carbocycles. The summed E-state index contributed by atoms with van der Waals surface area (Å²) in [6, 6.07) is 0. The van der Waals surface area contributed by atoms with Gasteiger partial charge in [0.2, 0.25) is 0 Å². The summed E-state index contributed by atoms with van der Waals surface area (Å²) in [4.78, 5) is 4.24. The summed E-state index contributed by atoms with van der Waals surface area (Å²) in [7, 11) is 0. The van der Waals surface area contributed by atoms with E-state index in [9.17, 15) is 0 Å². The SMILES string of the molecule is CCCn1ncnc1CSCC(C)(C)N. The van der Waals surface area contributed by atoms with Crippen LogP contribution in [0.15, 0.2) is 6.33 Å². The van der Waals surface area contributed by atoms with Crippen molar-refractivity contribution in [3.8, 4) is 0 Å². The topological polar surface area (TPSA) is 56.7 Å². The van der Waals surface area contributed by atoms with Crippen molar-refractivity contribution in [2.45, 2.75) is 45.0 Å². The summed E-state index contributed by atoms with van der Waals surface area (Å²) in [6.45, 7) is 7.16. The van der Waals surface area contributed by atoms with Gasteiger partial charge in [-0.2, -0.15) is 16.9 Å². The maximum Gasteiger partial charge on any atom is 0.138 e. The summed E-state index contributed by atoms with van der Waals surface area (Å²) in [5.74, 6) is 2.87. The van der Waals surface area contributed by atoms with Gasteiger partial charge in [0.1, 0.15) is 12.2 Å². The van der Waals surface area contributed by atoms with Crippen LogP contribution in [0.4, 0.5) is 0 Å². The number of hydrogen-bond acceptors (Lipinski definition) is 4. The number of aryl methyl sites for hydroxylation is 1. The third-order valence-electron chi connectivity index (χ3n) is 1.84. The van der Waals surface area contributed by atoms with Crippen LogP contribution in [0.25, 0.3) is 0 Å². The number of thioether (sulfide) groups is 1. The number of nitrogens with two attached hydrogens (primary N) is 1. The first-order valence-corrected chi connectivity index (χ1v) is 6.41. The molecule has 15 heavy (non-hydrogen) atoms. The zero-order chi connectivity index (χ0) is 11.3. The molecule has 0 unspecified atom stereocenters. The smallest absolute Gasteiger partial charge is 0.138 e. The zero-order valence-corrected chi connectivity index (χ0v) is 10.5. The van der Waals surface area contributed by atoms with E-state index in [0.717, 1.165) is 30.3 Å². The van der Waals surface area contributed by atoms with E-state index >= 15 is 0 Å². The molecule has 1 aromatic rings. The highest BCUT2D eigenvalue weighted by Gasteiger charge is 2.11. The number of nitrogens with zero attached hydrogens (tertiary/aromatic N) is 3. The van der Waals surface area contributed by atoms with Crippen molar-refractivity contribution >= 4 is 11.8 Å². The van der Waals surface area contributed by atoms with Crippen LogP contribution in [0.1, 0.15) is 33.0 Å². The van der Waals surface area contributed by atoms with E-state index in [1.165, 1.54) is 0 Å². The fourth-order valence-corrected chi connectivity index (χ4v) is 2.24. The van der Waals surface area contributed by atoms with Gasteiger partial charge in [-0.3, -0.25) is 0 Å². The molecule has 0 saturated carbocycles. The Morgan fingerprint density at radius 3 is 2.87 bits per heavy atom. The van der Waals surface area contributed by atoms with Gasteiger partial charge in [-0.15, -0.1) is 0 Å². The third kappa shape index (κ3) is 4.66. The average Bonchev–Trinajstić information content (AvgIpc) is 2.51. The Morgan fingerprint density at radius 2 is 2.27 bits per heavy atom. The zero-order valence-electron chi connectivity index (χ0n) is 9.73. The Morgan fingerprint density at radius 1 is 1.53 bits per heavy atom. The minimum absolute atomic E-state index is 0.111. The quantitative estimate of drug-likeness (QED) is 0.804. The normalized spacial score (nSPS) is 12.0. The van der Waals surface area contributed by atoms with Gasteiger partial charge in [-0.05, 0) is 20.3 Å². The molecule has 0 amide bonds. The summed E-state index contributed by atoms with van der Waals surface area (Å²) < 4.78 is 1.97. The Kier molecular flexibility index (Phi) is 4.60. The highest BCUT2D eigenvalue weighted by atomic mass is 32.2. The van der Waals surface area contributed by atoms with Crippen LogP contribution in [0.3, 0.4) is 0 Å². The molecule has 2 N–H and O–H groups in total. The first-order valence-electron chi connectivity index (χ1n) is 5.26. The van der Waals surface area contributed by atoms with E-state index in [2.05, 4.69) is 17.0 Å². The van der Waals surface area contributed by atoms with E-state index in [1.807, 2.05) is 30.3 Å². The van der Waals surface area contributed by atoms with Gasteiger partial charge in [0, 0.05) is 17.8 Å². The molecule has 0 saturated heterocycles. The Labute approximate surface area is 95.6 Å². The highest BCUT2D eigenvalue weighted by Crippen LogP contribution is 2.14. The Bertz CT molecular complexity index is 290. The largest absolute Gasteiger partial charge is 0.325 e. The van der Waals surface area contributed by atoms with Gasteiger partial charge < -0.3 is 5.73 Å². The maximum absolute atomic E-state index is 5.91. The molecule has 1 heterocycles. The second-order valence-corrected chi connectivity index (χ2v) is 5.37. The lowest BCUT2D eigenvalue weighted by molar-refractivity contribution is 0.578. The van der Waals surface area contributed by atoms with Gasteiger partial charge in [0.15, 0.2) is 0 Å². The average molecular weight is 228 g/mol. The van der Waals surface area contributed by atoms with Crippen molar-refractivity contribution in [2.24, 2.45) is 5.73 Å². The number of rotatable bonds is 6. The van der Waals surface area contributed by atoms with Gasteiger partial charge >= 0.3 is 0 Å². The van der Waals surface area contributed by atoms with E-state index in [4.69, 9.17) is 5.73 Å². The molecule has 5 heteroatoms. The molecule has 86 valence electrons.